The van der Waals surface area contributed by atoms with Gasteiger partial charge in [0.05, 0.1) is 11.9 Å². The molecule has 1 heterocycles. The van der Waals surface area contributed by atoms with E-state index in [1.807, 2.05) is 0 Å². The Balaban J connectivity index is 1.95. The number of ether oxygens (including phenoxy) is 1. The smallest absolute Gasteiger partial charge is 0.141 e. The third-order valence-corrected chi connectivity index (χ3v) is 2.77. The normalized spacial score (nSPS) is 10.9. The highest BCUT2D eigenvalue weighted by Crippen LogP contribution is 2.18. The number of aromatic nitrogens is 1. The second-order valence-corrected chi connectivity index (χ2v) is 4.34. The van der Waals surface area contributed by atoms with Gasteiger partial charge in [-0.1, -0.05) is 6.07 Å². The molecule has 0 aliphatic rings. The Labute approximate surface area is 120 Å². The van der Waals surface area contributed by atoms with Crippen molar-refractivity contribution in [3.05, 3.63) is 64.6 Å². The first-order valence-corrected chi connectivity index (χ1v) is 6.20. The van der Waals surface area contributed by atoms with Crippen molar-refractivity contribution in [1.82, 2.24) is 10.2 Å². The van der Waals surface area contributed by atoms with Gasteiger partial charge in [-0.3, -0.25) is 10.2 Å². The Morgan fingerprint density at radius 1 is 1.24 bits per heavy atom. The Morgan fingerprint density at radius 3 is 2.67 bits per heavy atom. The maximum Gasteiger partial charge on any atom is 0.141 e. The molecule has 0 atom stereocenters. The zero-order valence-corrected chi connectivity index (χ0v) is 11.0. The number of halogens is 2. The Morgan fingerprint density at radius 2 is 2.05 bits per heavy atom. The van der Waals surface area contributed by atoms with Crippen LogP contribution in [0.15, 0.2) is 36.5 Å². The molecular weight excluding hydrogens is 282 g/mol. The summed E-state index contributed by atoms with van der Waals surface area (Å²) >= 11 is 0. The summed E-state index contributed by atoms with van der Waals surface area (Å²) in [6, 6.07) is 6.95. The summed E-state index contributed by atoms with van der Waals surface area (Å²) in [6.45, 7) is -0.124. The molecule has 0 saturated carbocycles. The van der Waals surface area contributed by atoms with Gasteiger partial charge in [-0.15, -0.1) is 0 Å². The fraction of sp³-hybridized carbons (Fsp3) is 0.214. The number of hydroxylamine groups is 2. The minimum Gasteiger partial charge on any atom is -0.762 e. The van der Waals surface area contributed by atoms with E-state index in [1.165, 1.54) is 24.3 Å². The minimum absolute atomic E-state index is 0.0873. The van der Waals surface area contributed by atoms with Crippen molar-refractivity contribution in [2.24, 2.45) is 0 Å². The van der Waals surface area contributed by atoms with E-state index in [-0.39, 0.29) is 24.8 Å². The van der Waals surface area contributed by atoms with Crippen LogP contribution < -0.4 is 4.74 Å². The van der Waals surface area contributed by atoms with Crippen molar-refractivity contribution >= 4 is 0 Å². The van der Waals surface area contributed by atoms with E-state index in [2.05, 4.69) is 4.98 Å². The number of nitrogens with zero attached hydrogens (tertiary/aromatic N) is 2. The van der Waals surface area contributed by atoms with Crippen LogP contribution in [0.1, 0.15) is 11.3 Å². The quantitative estimate of drug-likeness (QED) is 0.830. The van der Waals surface area contributed by atoms with E-state index in [1.54, 1.807) is 6.07 Å². The highest BCUT2D eigenvalue weighted by molar-refractivity contribution is 5.29. The first kappa shape index (κ1) is 15.3. The van der Waals surface area contributed by atoms with Crippen molar-refractivity contribution in [2.45, 2.75) is 13.0 Å². The number of pyridine rings is 1. The Kier molecular flexibility index (Phi) is 5.15. The molecule has 0 bridgehead atoms. The molecule has 0 aliphatic carbocycles. The molecule has 2 rings (SSSR count). The molecule has 0 radical (unpaired) electrons. The maximum atomic E-state index is 13.7. The van der Waals surface area contributed by atoms with Crippen molar-refractivity contribution < 1.29 is 18.7 Å². The molecule has 0 saturated heterocycles. The average molecular weight is 295 g/mol. The first-order chi connectivity index (χ1) is 10.0. The van der Waals surface area contributed by atoms with Crippen LogP contribution in [-0.4, -0.2) is 22.0 Å². The fourth-order valence-corrected chi connectivity index (χ4v) is 1.69. The lowest BCUT2D eigenvalue weighted by Crippen LogP contribution is -2.14. The third-order valence-electron chi connectivity index (χ3n) is 2.77. The predicted octanol–water partition coefficient (Wildman–Crippen LogP) is 2.67. The summed E-state index contributed by atoms with van der Waals surface area (Å²) in [5, 5.41) is 18.6. The zero-order valence-electron chi connectivity index (χ0n) is 11.0. The summed E-state index contributed by atoms with van der Waals surface area (Å²) in [7, 11) is 0. The van der Waals surface area contributed by atoms with E-state index in [4.69, 9.17) is 9.94 Å². The molecule has 0 aliphatic heterocycles. The molecule has 0 fully saturated rings. The second kappa shape index (κ2) is 7.07. The fourth-order valence-electron chi connectivity index (χ4n) is 1.69. The molecule has 0 spiro atoms. The number of benzene rings is 1. The molecule has 1 aromatic carbocycles. The van der Waals surface area contributed by atoms with Gasteiger partial charge in [0.25, 0.3) is 0 Å². The number of rotatable bonds is 6. The van der Waals surface area contributed by atoms with E-state index < -0.39 is 11.6 Å². The van der Waals surface area contributed by atoms with Crippen molar-refractivity contribution in [2.75, 3.05) is 6.54 Å². The standard InChI is InChI=1S/C14H13F2N2O3/c15-11-2-3-12(17-8-11)9-21-13-4-1-10(14(16)7-13)5-6-18(19)20/h1-4,7-8,19H,5-6,9H2/q-1. The monoisotopic (exact) mass is 295 g/mol. The van der Waals surface area contributed by atoms with Gasteiger partial charge in [-0.2, -0.15) is 0 Å². The van der Waals surface area contributed by atoms with Crippen molar-refractivity contribution in [3.8, 4) is 5.75 Å². The molecule has 1 aromatic heterocycles. The van der Waals surface area contributed by atoms with Crippen LogP contribution in [0.4, 0.5) is 8.78 Å². The molecule has 0 unspecified atom stereocenters. The van der Waals surface area contributed by atoms with Crippen LogP contribution in [0.3, 0.4) is 0 Å². The summed E-state index contributed by atoms with van der Waals surface area (Å²) in [5.41, 5.74) is 0.820. The summed E-state index contributed by atoms with van der Waals surface area (Å²) in [6.07, 6.45) is 1.16. The van der Waals surface area contributed by atoms with Gasteiger partial charge < -0.3 is 15.2 Å². The van der Waals surface area contributed by atoms with Crippen LogP contribution in [0, 0.1) is 16.8 Å². The van der Waals surface area contributed by atoms with Crippen LogP contribution in [-0.2, 0) is 13.0 Å². The molecule has 2 aromatic rings. The molecule has 7 heteroatoms. The minimum atomic E-state index is -0.526. The predicted molar refractivity (Wildman–Crippen MR) is 70.5 cm³/mol. The van der Waals surface area contributed by atoms with Gasteiger partial charge in [0.1, 0.15) is 24.0 Å². The number of hydrogen-bond donors (Lipinski definition) is 1. The van der Waals surface area contributed by atoms with Gasteiger partial charge >= 0.3 is 0 Å². The van der Waals surface area contributed by atoms with Crippen molar-refractivity contribution in [1.29, 1.82) is 0 Å². The first-order valence-electron chi connectivity index (χ1n) is 6.20. The van der Waals surface area contributed by atoms with Crippen LogP contribution in [0.5, 0.6) is 5.75 Å². The van der Waals surface area contributed by atoms with Gasteiger partial charge in [0.2, 0.25) is 0 Å². The Hall–Kier alpha value is -2.09. The lowest BCUT2D eigenvalue weighted by atomic mass is 10.1. The Bertz CT molecular complexity index is 591. The molecular formula is C14H13F2N2O3-. The molecule has 5 nitrogen and oxygen atoms in total. The number of hydrogen-bond acceptors (Lipinski definition) is 5. The highest BCUT2D eigenvalue weighted by atomic mass is 19.1. The molecule has 112 valence electrons. The topological polar surface area (TPSA) is 68.7 Å². The maximum absolute atomic E-state index is 13.7. The van der Waals surface area contributed by atoms with Crippen LogP contribution in [0.2, 0.25) is 0 Å². The second-order valence-electron chi connectivity index (χ2n) is 4.34. The van der Waals surface area contributed by atoms with E-state index >= 15 is 0 Å². The zero-order chi connectivity index (χ0) is 15.2. The third kappa shape index (κ3) is 4.75. The lowest BCUT2D eigenvalue weighted by molar-refractivity contribution is -0.0393. The van der Waals surface area contributed by atoms with Gasteiger partial charge in [-0.25, -0.2) is 8.78 Å². The largest absolute Gasteiger partial charge is 0.762 e. The SMILES string of the molecule is [O-]N(O)CCc1ccc(OCc2ccc(F)cn2)cc1F. The summed E-state index contributed by atoms with van der Waals surface area (Å²) < 4.78 is 31.8. The van der Waals surface area contributed by atoms with Gasteiger partial charge in [-0.05, 0) is 30.2 Å². The van der Waals surface area contributed by atoms with E-state index in [0.29, 0.717) is 17.0 Å². The summed E-state index contributed by atoms with van der Waals surface area (Å²) in [4.78, 5) is 3.82. The van der Waals surface area contributed by atoms with Crippen LogP contribution in [0.25, 0.3) is 0 Å². The lowest BCUT2D eigenvalue weighted by Gasteiger charge is -2.19. The highest BCUT2D eigenvalue weighted by Gasteiger charge is 2.05. The molecule has 0 amide bonds. The summed E-state index contributed by atoms with van der Waals surface area (Å²) in [5.74, 6) is -0.669. The average Bonchev–Trinajstić information content (AvgIpc) is 2.45. The van der Waals surface area contributed by atoms with Crippen molar-refractivity contribution in [3.63, 3.8) is 0 Å². The molecule has 21 heavy (non-hydrogen) atoms. The molecule has 1 N–H and O–H groups in total. The van der Waals surface area contributed by atoms with Gasteiger partial charge in [0, 0.05) is 12.6 Å². The van der Waals surface area contributed by atoms with E-state index in [9.17, 15) is 14.0 Å². The van der Waals surface area contributed by atoms with Gasteiger partial charge in [0.15, 0.2) is 0 Å². The van der Waals surface area contributed by atoms with E-state index in [0.717, 1.165) is 6.20 Å². The van der Waals surface area contributed by atoms with Crippen LogP contribution >= 0.6 is 0 Å².